The highest BCUT2D eigenvalue weighted by molar-refractivity contribution is 5.83. The van der Waals surface area contributed by atoms with Gasteiger partial charge in [-0.3, -0.25) is 4.79 Å². The van der Waals surface area contributed by atoms with E-state index < -0.39 is 12.1 Å². The number of aryl methyl sites for hydroxylation is 3. The smallest absolute Gasteiger partial charge is 0.344 e. The lowest BCUT2D eigenvalue weighted by molar-refractivity contribution is -0.156. The Hall–Kier alpha value is -2.08. The van der Waals surface area contributed by atoms with Crippen molar-refractivity contribution >= 4 is 11.9 Å². The standard InChI is InChI=1S/C17H25NO5/c1-11-8-12(2)16(13(3)9-11)22-10-15(19)23-14(4)17(20)18-6-7-21-5/h8-9,14H,6-7,10H2,1-5H3,(H,18,20)/t14-/m1/s1. The van der Waals surface area contributed by atoms with Crippen LogP contribution in [0.15, 0.2) is 12.1 Å². The third-order valence-electron chi connectivity index (χ3n) is 3.22. The number of hydrogen-bond acceptors (Lipinski definition) is 5. The molecule has 1 rings (SSSR count). The van der Waals surface area contributed by atoms with Crippen LogP contribution in [-0.4, -0.2) is 44.8 Å². The van der Waals surface area contributed by atoms with Gasteiger partial charge in [0.2, 0.25) is 0 Å². The van der Waals surface area contributed by atoms with Crippen molar-refractivity contribution in [2.24, 2.45) is 0 Å². The zero-order valence-electron chi connectivity index (χ0n) is 14.4. The van der Waals surface area contributed by atoms with E-state index in [0.717, 1.165) is 16.7 Å². The molecule has 1 aromatic rings. The Morgan fingerprint density at radius 2 is 1.78 bits per heavy atom. The van der Waals surface area contributed by atoms with Crippen LogP contribution in [0.2, 0.25) is 0 Å². The Balaban J connectivity index is 2.47. The average Bonchev–Trinajstić information content (AvgIpc) is 2.46. The van der Waals surface area contributed by atoms with E-state index in [-0.39, 0.29) is 12.5 Å². The number of nitrogens with one attached hydrogen (secondary N) is 1. The molecule has 0 spiro atoms. The van der Waals surface area contributed by atoms with Crippen molar-refractivity contribution in [2.75, 3.05) is 26.9 Å². The molecule has 128 valence electrons. The minimum Gasteiger partial charge on any atom is -0.481 e. The van der Waals surface area contributed by atoms with Crippen molar-refractivity contribution in [3.63, 3.8) is 0 Å². The molecule has 0 fully saturated rings. The summed E-state index contributed by atoms with van der Waals surface area (Å²) in [6, 6.07) is 3.97. The van der Waals surface area contributed by atoms with Gasteiger partial charge in [-0.05, 0) is 38.8 Å². The lowest BCUT2D eigenvalue weighted by Gasteiger charge is -2.15. The van der Waals surface area contributed by atoms with Gasteiger partial charge in [0.15, 0.2) is 12.7 Å². The topological polar surface area (TPSA) is 73.9 Å². The number of carbonyl (C=O) groups excluding carboxylic acids is 2. The molecule has 0 bridgehead atoms. The Morgan fingerprint density at radius 3 is 2.35 bits per heavy atom. The first kappa shape index (κ1) is 19.0. The zero-order chi connectivity index (χ0) is 17.4. The Bertz CT molecular complexity index is 533. The van der Waals surface area contributed by atoms with Gasteiger partial charge in [0.05, 0.1) is 6.61 Å². The van der Waals surface area contributed by atoms with Crippen molar-refractivity contribution in [1.82, 2.24) is 5.32 Å². The molecule has 0 aliphatic carbocycles. The second-order valence-corrected chi connectivity index (χ2v) is 5.43. The number of amides is 1. The third-order valence-corrected chi connectivity index (χ3v) is 3.22. The highest BCUT2D eigenvalue weighted by Gasteiger charge is 2.18. The highest BCUT2D eigenvalue weighted by atomic mass is 16.6. The number of methoxy groups -OCH3 is 1. The van der Waals surface area contributed by atoms with E-state index in [4.69, 9.17) is 14.2 Å². The molecule has 0 aliphatic heterocycles. The molecule has 6 nitrogen and oxygen atoms in total. The molecule has 0 saturated heterocycles. The lowest BCUT2D eigenvalue weighted by Crippen LogP contribution is -2.38. The second-order valence-electron chi connectivity index (χ2n) is 5.43. The summed E-state index contributed by atoms with van der Waals surface area (Å²) >= 11 is 0. The Labute approximate surface area is 137 Å². The Morgan fingerprint density at radius 1 is 1.17 bits per heavy atom. The predicted octanol–water partition coefficient (Wildman–Crippen LogP) is 1.68. The van der Waals surface area contributed by atoms with Crippen LogP contribution < -0.4 is 10.1 Å². The molecule has 0 unspecified atom stereocenters. The Kier molecular flexibility index (Phi) is 7.54. The van der Waals surface area contributed by atoms with E-state index in [1.165, 1.54) is 6.92 Å². The van der Waals surface area contributed by atoms with Crippen molar-refractivity contribution in [3.05, 3.63) is 28.8 Å². The molecule has 0 saturated carbocycles. The molecule has 0 radical (unpaired) electrons. The largest absolute Gasteiger partial charge is 0.481 e. The van der Waals surface area contributed by atoms with Gasteiger partial charge in [-0.1, -0.05) is 17.7 Å². The molecule has 1 N–H and O–H groups in total. The maximum Gasteiger partial charge on any atom is 0.344 e. The summed E-state index contributed by atoms with van der Waals surface area (Å²) in [5, 5.41) is 2.60. The van der Waals surface area contributed by atoms with Crippen molar-refractivity contribution in [3.8, 4) is 5.75 Å². The molecular weight excluding hydrogens is 298 g/mol. The molecule has 0 aliphatic rings. The fourth-order valence-electron chi connectivity index (χ4n) is 2.23. The summed E-state index contributed by atoms with van der Waals surface area (Å²) in [7, 11) is 1.54. The molecule has 0 aromatic heterocycles. The molecule has 1 aromatic carbocycles. The van der Waals surface area contributed by atoms with E-state index in [0.29, 0.717) is 18.9 Å². The maximum absolute atomic E-state index is 11.8. The van der Waals surface area contributed by atoms with E-state index >= 15 is 0 Å². The number of carbonyl (C=O) groups is 2. The van der Waals surface area contributed by atoms with Crippen LogP contribution in [0.3, 0.4) is 0 Å². The number of esters is 1. The van der Waals surface area contributed by atoms with E-state index in [1.54, 1.807) is 7.11 Å². The minimum atomic E-state index is -0.872. The summed E-state index contributed by atoms with van der Waals surface area (Å²) in [5.41, 5.74) is 3.05. The summed E-state index contributed by atoms with van der Waals surface area (Å²) in [5.74, 6) is -0.276. The van der Waals surface area contributed by atoms with Crippen molar-refractivity contribution < 1.29 is 23.8 Å². The van der Waals surface area contributed by atoms with Crippen LogP contribution in [0.4, 0.5) is 0 Å². The van der Waals surface area contributed by atoms with E-state index in [9.17, 15) is 9.59 Å². The second kappa shape index (κ2) is 9.15. The molecule has 1 atom stereocenters. The fourth-order valence-corrected chi connectivity index (χ4v) is 2.23. The maximum atomic E-state index is 11.8. The van der Waals surface area contributed by atoms with Crippen LogP contribution in [0, 0.1) is 20.8 Å². The number of hydrogen-bond donors (Lipinski definition) is 1. The molecule has 0 heterocycles. The van der Waals surface area contributed by atoms with Gasteiger partial charge >= 0.3 is 5.97 Å². The van der Waals surface area contributed by atoms with Gasteiger partial charge in [0, 0.05) is 13.7 Å². The van der Waals surface area contributed by atoms with Gasteiger partial charge in [-0.15, -0.1) is 0 Å². The summed E-state index contributed by atoms with van der Waals surface area (Å²) < 4.78 is 15.4. The monoisotopic (exact) mass is 323 g/mol. The fraction of sp³-hybridized carbons (Fsp3) is 0.529. The van der Waals surface area contributed by atoms with Gasteiger partial charge in [-0.2, -0.15) is 0 Å². The summed E-state index contributed by atoms with van der Waals surface area (Å²) in [4.78, 5) is 23.5. The van der Waals surface area contributed by atoms with Crippen LogP contribution in [0.25, 0.3) is 0 Å². The molecule has 23 heavy (non-hydrogen) atoms. The van der Waals surface area contributed by atoms with E-state index in [1.807, 2.05) is 32.9 Å². The first-order chi connectivity index (χ1) is 10.8. The number of ether oxygens (including phenoxy) is 3. The van der Waals surface area contributed by atoms with Gasteiger partial charge < -0.3 is 19.5 Å². The van der Waals surface area contributed by atoms with Gasteiger partial charge in [0.25, 0.3) is 5.91 Å². The first-order valence-electron chi connectivity index (χ1n) is 7.52. The van der Waals surface area contributed by atoms with Crippen LogP contribution >= 0.6 is 0 Å². The lowest BCUT2D eigenvalue weighted by atomic mass is 10.1. The summed E-state index contributed by atoms with van der Waals surface area (Å²) in [6.07, 6.45) is -0.872. The van der Waals surface area contributed by atoms with E-state index in [2.05, 4.69) is 5.32 Å². The average molecular weight is 323 g/mol. The van der Waals surface area contributed by atoms with Gasteiger partial charge in [-0.25, -0.2) is 4.79 Å². The SMILES string of the molecule is COCCNC(=O)[C@@H](C)OC(=O)COc1c(C)cc(C)cc1C. The van der Waals surface area contributed by atoms with Crippen LogP contribution in [-0.2, 0) is 19.1 Å². The minimum absolute atomic E-state index is 0.236. The molecular formula is C17H25NO5. The zero-order valence-corrected chi connectivity index (χ0v) is 14.4. The van der Waals surface area contributed by atoms with Crippen molar-refractivity contribution in [1.29, 1.82) is 0 Å². The molecule has 6 heteroatoms. The van der Waals surface area contributed by atoms with Gasteiger partial charge in [0.1, 0.15) is 5.75 Å². The van der Waals surface area contributed by atoms with Crippen LogP contribution in [0.1, 0.15) is 23.6 Å². The predicted molar refractivity (Wildman–Crippen MR) is 86.6 cm³/mol. The third kappa shape index (κ3) is 6.28. The highest BCUT2D eigenvalue weighted by Crippen LogP contribution is 2.24. The van der Waals surface area contributed by atoms with Crippen LogP contribution in [0.5, 0.6) is 5.75 Å². The quantitative estimate of drug-likeness (QED) is 0.582. The van der Waals surface area contributed by atoms with Crippen molar-refractivity contribution in [2.45, 2.75) is 33.8 Å². The molecule has 1 amide bonds. The number of benzene rings is 1. The first-order valence-corrected chi connectivity index (χ1v) is 7.52. The normalized spacial score (nSPS) is 11.7. The summed E-state index contributed by atoms with van der Waals surface area (Å²) in [6.45, 7) is 7.90. The number of rotatable bonds is 8.